The lowest BCUT2D eigenvalue weighted by atomic mass is 10.2. The molecule has 3 nitrogen and oxygen atoms in total. The first-order chi connectivity index (χ1) is 8.16. The molecule has 1 aromatic heterocycles. The number of carbonyl (C=O) groups is 1. The van der Waals surface area contributed by atoms with E-state index in [2.05, 4.69) is 15.9 Å². The molecule has 2 rings (SSSR count). The summed E-state index contributed by atoms with van der Waals surface area (Å²) in [5.41, 5.74) is 0.322. The Morgan fingerprint density at radius 3 is 2.71 bits per heavy atom. The highest BCUT2D eigenvalue weighted by Crippen LogP contribution is 2.27. The number of carboxylic acids is 1. The van der Waals surface area contributed by atoms with Crippen molar-refractivity contribution in [2.24, 2.45) is 0 Å². The Balaban J connectivity index is 2.11. The maximum Gasteiger partial charge on any atom is 0.336 e. The van der Waals surface area contributed by atoms with Gasteiger partial charge in [-0.1, -0.05) is 12.1 Å². The highest BCUT2D eigenvalue weighted by Gasteiger charge is 2.10. The number of furan rings is 1. The van der Waals surface area contributed by atoms with Gasteiger partial charge in [-0.25, -0.2) is 4.79 Å². The third-order valence-electron chi connectivity index (χ3n) is 2.12. The first-order valence-electron chi connectivity index (χ1n) is 4.86. The van der Waals surface area contributed by atoms with Gasteiger partial charge in [0.05, 0.1) is 11.3 Å². The van der Waals surface area contributed by atoms with Crippen molar-refractivity contribution in [3.05, 3.63) is 52.4 Å². The first kappa shape index (κ1) is 12.3. The SMILES string of the molecule is O=C(O)c1ccccc1SCc1ccc(Br)o1. The van der Waals surface area contributed by atoms with Crippen LogP contribution >= 0.6 is 27.7 Å². The molecule has 0 amide bonds. The van der Waals surface area contributed by atoms with E-state index in [4.69, 9.17) is 9.52 Å². The van der Waals surface area contributed by atoms with E-state index in [0.29, 0.717) is 16.0 Å². The van der Waals surface area contributed by atoms with Crippen molar-refractivity contribution in [3.63, 3.8) is 0 Å². The summed E-state index contributed by atoms with van der Waals surface area (Å²) in [6.07, 6.45) is 0. The minimum absolute atomic E-state index is 0.322. The van der Waals surface area contributed by atoms with E-state index in [1.807, 2.05) is 18.2 Å². The zero-order valence-electron chi connectivity index (χ0n) is 8.72. The number of halogens is 1. The van der Waals surface area contributed by atoms with Crippen LogP contribution < -0.4 is 0 Å². The van der Waals surface area contributed by atoms with Gasteiger partial charge in [-0.2, -0.15) is 0 Å². The fourth-order valence-electron chi connectivity index (χ4n) is 1.35. The summed E-state index contributed by atoms with van der Waals surface area (Å²) >= 11 is 4.67. The predicted octanol–water partition coefficient (Wildman–Crippen LogP) is 4.03. The van der Waals surface area contributed by atoms with Crippen molar-refractivity contribution >= 4 is 33.7 Å². The van der Waals surface area contributed by atoms with Gasteiger partial charge >= 0.3 is 5.97 Å². The molecule has 0 saturated carbocycles. The lowest BCUT2D eigenvalue weighted by molar-refractivity contribution is 0.0693. The van der Waals surface area contributed by atoms with Gasteiger partial charge in [-0.3, -0.25) is 0 Å². The lowest BCUT2D eigenvalue weighted by Crippen LogP contribution is -1.98. The molecule has 17 heavy (non-hydrogen) atoms. The topological polar surface area (TPSA) is 50.4 Å². The molecule has 0 radical (unpaired) electrons. The van der Waals surface area contributed by atoms with Gasteiger partial charge in [0.2, 0.25) is 0 Å². The van der Waals surface area contributed by atoms with Crippen molar-refractivity contribution in [2.75, 3.05) is 0 Å². The third kappa shape index (κ3) is 3.14. The summed E-state index contributed by atoms with van der Waals surface area (Å²) < 4.78 is 6.03. The summed E-state index contributed by atoms with van der Waals surface area (Å²) in [6, 6.07) is 10.6. The average molecular weight is 313 g/mol. The van der Waals surface area contributed by atoms with Crippen molar-refractivity contribution in [1.82, 2.24) is 0 Å². The minimum Gasteiger partial charge on any atom is -0.478 e. The van der Waals surface area contributed by atoms with Crippen molar-refractivity contribution in [1.29, 1.82) is 0 Å². The minimum atomic E-state index is -0.909. The predicted molar refractivity (Wildman–Crippen MR) is 69.4 cm³/mol. The van der Waals surface area contributed by atoms with Gasteiger partial charge in [-0.05, 0) is 40.2 Å². The molecule has 2 aromatic rings. The second-order valence-corrected chi connectivity index (χ2v) is 5.09. The van der Waals surface area contributed by atoms with Crippen LogP contribution in [0.2, 0.25) is 0 Å². The molecular formula is C12H9BrO3S. The molecule has 1 heterocycles. The smallest absolute Gasteiger partial charge is 0.336 e. The molecule has 5 heteroatoms. The molecule has 0 fully saturated rings. The summed E-state index contributed by atoms with van der Waals surface area (Å²) in [4.78, 5) is 11.7. The molecule has 0 spiro atoms. The number of hydrogen-bond acceptors (Lipinski definition) is 3. The van der Waals surface area contributed by atoms with Gasteiger partial charge in [0.1, 0.15) is 5.76 Å². The molecule has 0 saturated heterocycles. The highest BCUT2D eigenvalue weighted by molar-refractivity contribution is 9.10. The molecule has 0 aliphatic heterocycles. The first-order valence-corrected chi connectivity index (χ1v) is 6.64. The zero-order valence-corrected chi connectivity index (χ0v) is 11.1. The quantitative estimate of drug-likeness (QED) is 0.866. The van der Waals surface area contributed by atoms with Crippen LogP contribution in [0, 0.1) is 0 Å². The van der Waals surface area contributed by atoms with Gasteiger partial charge in [0, 0.05) is 4.90 Å². The normalized spacial score (nSPS) is 10.4. The number of thioether (sulfide) groups is 1. The Bertz CT molecular complexity index is 536. The Hall–Kier alpha value is -1.20. The van der Waals surface area contributed by atoms with Crippen LogP contribution in [0.4, 0.5) is 0 Å². The Morgan fingerprint density at radius 1 is 1.29 bits per heavy atom. The summed E-state index contributed by atoms with van der Waals surface area (Å²) in [6.45, 7) is 0. The molecule has 0 unspecified atom stereocenters. The lowest BCUT2D eigenvalue weighted by Gasteiger charge is -2.03. The molecule has 0 bridgehead atoms. The molecule has 0 atom stereocenters. The standard InChI is InChI=1S/C12H9BrO3S/c13-11-6-5-8(16-11)7-17-10-4-2-1-3-9(10)12(14)15/h1-6H,7H2,(H,14,15). The van der Waals surface area contributed by atoms with Gasteiger partial charge in [0.25, 0.3) is 0 Å². The van der Waals surface area contributed by atoms with E-state index >= 15 is 0 Å². The number of benzene rings is 1. The number of aromatic carboxylic acids is 1. The fourth-order valence-corrected chi connectivity index (χ4v) is 2.63. The monoisotopic (exact) mass is 312 g/mol. The molecule has 88 valence electrons. The van der Waals surface area contributed by atoms with E-state index in [0.717, 1.165) is 10.7 Å². The number of carboxylic acid groups (broad SMARTS) is 1. The van der Waals surface area contributed by atoms with E-state index in [1.54, 1.807) is 18.2 Å². The molecule has 1 aromatic carbocycles. The number of rotatable bonds is 4. The van der Waals surface area contributed by atoms with Crippen LogP contribution in [0.15, 0.2) is 50.4 Å². The molecule has 0 aliphatic rings. The third-order valence-corrected chi connectivity index (χ3v) is 3.64. The number of hydrogen-bond donors (Lipinski definition) is 1. The second kappa shape index (κ2) is 5.42. The second-order valence-electron chi connectivity index (χ2n) is 3.30. The average Bonchev–Trinajstić information content (AvgIpc) is 2.73. The van der Waals surface area contributed by atoms with Crippen LogP contribution in [0.5, 0.6) is 0 Å². The van der Waals surface area contributed by atoms with Crippen LogP contribution in [0.25, 0.3) is 0 Å². The summed E-state index contributed by atoms with van der Waals surface area (Å²) in [5.74, 6) is 0.506. The molecule has 1 N–H and O–H groups in total. The zero-order chi connectivity index (χ0) is 12.3. The van der Waals surface area contributed by atoms with Crippen LogP contribution in [0.1, 0.15) is 16.1 Å². The fraction of sp³-hybridized carbons (Fsp3) is 0.0833. The summed E-state index contributed by atoms with van der Waals surface area (Å²) in [7, 11) is 0. The van der Waals surface area contributed by atoms with E-state index in [9.17, 15) is 4.79 Å². The van der Waals surface area contributed by atoms with E-state index in [-0.39, 0.29) is 0 Å². The molecule has 0 aliphatic carbocycles. The van der Waals surface area contributed by atoms with Gasteiger partial charge in [0.15, 0.2) is 4.67 Å². The van der Waals surface area contributed by atoms with Crippen molar-refractivity contribution in [2.45, 2.75) is 10.6 Å². The highest BCUT2D eigenvalue weighted by atomic mass is 79.9. The van der Waals surface area contributed by atoms with Gasteiger partial charge in [-0.15, -0.1) is 11.8 Å². The van der Waals surface area contributed by atoms with Crippen LogP contribution in [0.3, 0.4) is 0 Å². The maximum absolute atomic E-state index is 11.0. The van der Waals surface area contributed by atoms with Crippen LogP contribution in [-0.4, -0.2) is 11.1 Å². The van der Waals surface area contributed by atoms with Crippen LogP contribution in [-0.2, 0) is 5.75 Å². The summed E-state index contributed by atoms with van der Waals surface area (Å²) in [5, 5.41) is 9.02. The van der Waals surface area contributed by atoms with Crippen molar-refractivity contribution in [3.8, 4) is 0 Å². The Kier molecular flexibility index (Phi) is 3.91. The van der Waals surface area contributed by atoms with Crippen molar-refractivity contribution < 1.29 is 14.3 Å². The largest absolute Gasteiger partial charge is 0.478 e. The molecular weight excluding hydrogens is 304 g/mol. The van der Waals surface area contributed by atoms with E-state index < -0.39 is 5.97 Å². The van der Waals surface area contributed by atoms with E-state index in [1.165, 1.54) is 11.8 Å². The Morgan fingerprint density at radius 2 is 2.06 bits per heavy atom. The maximum atomic E-state index is 11.0. The Labute approximate surface area is 111 Å². The van der Waals surface area contributed by atoms with Gasteiger partial charge < -0.3 is 9.52 Å².